The number of halogens is 2. The Kier molecular flexibility index (Phi) is 6.36. The molecule has 2 aromatic carbocycles. The topological polar surface area (TPSA) is 65.4 Å². The highest BCUT2D eigenvalue weighted by atomic mass is 79.9. The maximum Gasteiger partial charge on any atom is 0.276 e. The van der Waals surface area contributed by atoms with Crippen molar-refractivity contribution in [2.75, 3.05) is 11.9 Å². The fourth-order valence-electron chi connectivity index (χ4n) is 2.28. The molecule has 1 N–H and O–H groups in total. The summed E-state index contributed by atoms with van der Waals surface area (Å²) in [7, 11) is 0. The van der Waals surface area contributed by atoms with E-state index in [4.69, 9.17) is 21.1 Å². The Morgan fingerprint density at radius 1 is 1.19 bits per heavy atom. The minimum Gasteiger partial charge on any atom is -0.494 e. The molecule has 0 fully saturated rings. The maximum absolute atomic E-state index is 12.3. The van der Waals surface area contributed by atoms with Gasteiger partial charge < -0.3 is 14.8 Å². The summed E-state index contributed by atoms with van der Waals surface area (Å²) in [5.41, 5.74) is 0.960. The van der Waals surface area contributed by atoms with Crippen LogP contribution in [-0.4, -0.2) is 22.3 Å². The lowest BCUT2D eigenvalue weighted by Crippen LogP contribution is -2.14. The predicted molar refractivity (Wildman–Crippen MR) is 108 cm³/mol. The van der Waals surface area contributed by atoms with E-state index in [1.165, 1.54) is 4.68 Å². The van der Waals surface area contributed by atoms with Gasteiger partial charge in [0.1, 0.15) is 11.5 Å². The number of amides is 1. The Bertz CT molecular complexity index is 928. The van der Waals surface area contributed by atoms with Crippen LogP contribution in [0.15, 0.2) is 59.2 Å². The molecule has 0 unspecified atom stereocenters. The fourth-order valence-corrected chi connectivity index (χ4v) is 3.08. The Labute approximate surface area is 170 Å². The Balaban J connectivity index is 1.58. The third-order valence-electron chi connectivity index (χ3n) is 3.54. The molecule has 3 rings (SSSR count). The molecule has 0 spiro atoms. The van der Waals surface area contributed by atoms with Crippen LogP contribution in [0.5, 0.6) is 11.5 Å². The van der Waals surface area contributed by atoms with E-state index in [0.29, 0.717) is 28.8 Å². The van der Waals surface area contributed by atoms with E-state index in [0.717, 1.165) is 10.2 Å². The van der Waals surface area contributed by atoms with E-state index in [9.17, 15) is 4.79 Å². The molecule has 0 saturated carbocycles. The highest BCUT2D eigenvalue weighted by molar-refractivity contribution is 9.10. The molecule has 0 bridgehead atoms. The third kappa shape index (κ3) is 5.24. The molecule has 0 aliphatic rings. The van der Waals surface area contributed by atoms with Crippen LogP contribution in [0.4, 0.5) is 5.69 Å². The summed E-state index contributed by atoms with van der Waals surface area (Å²) in [6, 6.07) is 14.0. The number of hydrogen-bond acceptors (Lipinski definition) is 4. The average Bonchev–Trinajstić information content (AvgIpc) is 3.12. The molecular weight excluding hydrogens is 434 g/mol. The Hall–Kier alpha value is -2.51. The number of benzene rings is 2. The molecule has 27 heavy (non-hydrogen) atoms. The van der Waals surface area contributed by atoms with E-state index in [-0.39, 0.29) is 12.6 Å². The molecule has 1 heterocycles. The molecule has 0 aliphatic carbocycles. The van der Waals surface area contributed by atoms with Crippen LogP contribution in [0, 0.1) is 0 Å². The number of hydrogen-bond donors (Lipinski definition) is 1. The number of carbonyl (C=O) groups is 1. The van der Waals surface area contributed by atoms with Gasteiger partial charge in [0.15, 0.2) is 12.4 Å². The first kappa shape index (κ1) is 19.3. The molecule has 6 nitrogen and oxygen atoms in total. The summed E-state index contributed by atoms with van der Waals surface area (Å²) < 4.78 is 13.3. The normalized spacial score (nSPS) is 10.5. The molecule has 0 radical (unpaired) electrons. The second-order valence-corrected chi connectivity index (χ2v) is 6.79. The van der Waals surface area contributed by atoms with Gasteiger partial charge in [0.2, 0.25) is 0 Å². The van der Waals surface area contributed by atoms with Crippen molar-refractivity contribution in [2.45, 2.75) is 13.7 Å². The van der Waals surface area contributed by atoms with Gasteiger partial charge >= 0.3 is 0 Å². The summed E-state index contributed by atoms with van der Waals surface area (Å²) in [6.07, 6.45) is 1.68. The van der Waals surface area contributed by atoms with Crippen LogP contribution in [0.3, 0.4) is 0 Å². The van der Waals surface area contributed by atoms with Crippen LogP contribution in [0.25, 0.3) is 0 Å². The molecule has 140 valence electrons. The number of aromatic nitrogens is 2. The molecule has 3 aromatic rings. The first-order valence-corrected chi connectivity index (χ1v) is 9.38. The Morgan fingerprint density at radius 3 is 2.67 bits per heavy atom. The second-order valence-electron chi connectivity index (χ2n) is 5.50. The van der Waals surface area contributed by atoms with E-state index >= 15 is 0 Å². The van der Waals surface area contributed by atoms with E-state index in [1.807, 2.05) is 6.92 Å². The number of ether oxygens (including phenoxy) is 2. The van der Waals surface area contributed by atoms with Crippen molar-refractivity contribution in [3.05, 3.63) is 69.9 Å². The van der Waals surface area contributed by atoms with Crippen molar-refractivity contribution < 1.29 is 14.3 Å². The lowest BCUT2D eigenvalue weighted by Gasteiger charge is -2.08. The van der Waals surface area contributed by atoms with E-state index in [2.05, 4.69) is 26.3 Å². The van der Waals surface area contributed by atoms with Gasteiger partial charge in [-0.25, -0.2) is 4.68 Å². The maximum atomic E-state index is 12.3. The highest BCUT2D eigenvalue weighted by Gasteiger charge is 2.11. The van der Waals surface area contributed by atoms with E-state index in [1.54, 1.807) is 54.7 Å². The number of carbonyl (C=O) groups excluding carboxylic acids is 1. The first-order valence-electron chi connectivity index (χ1n) is 8.20. The second kappa shape index (κ2) is 8.92. The molecular formula is C19H17BrClN3O3. The number of anilines is 1. The Morgan fingerprint density at radius 2 is 1.96 bits per heavy atom. The molecule has 1 amide bonds. The third-order valence-corrected chi connectivity index (χ3v) is 4.40. The molecule has 0 aliphatic heterocycles. The van der Waals surface area contributed by atoms with Crippen LogP contribution in [0.1, 0.15) is 17.4 Å². The highest BCUT2D eigenvalue weighted by Crippen LogP contribution is 2.28. The van der Waals surface area contributed by atoms with Crippen molar-refractivity contribution in [3.8, 4) is 11.5 Å². The van der Waals surface area contributed by atoms with E-state index < -0.39 is 0 Å². The minimum absolute atomic E-state index is 0.163. The van der Waals surface area contributed by atoms with Gasteiger partial charge in [0.25, 0.3) is 5.91 Å². The van der Waals surface area contributed by atoms with Gasteiger partial charge in [0, 0.05) is 16.9 Å². The summed E-state index contributed by atoms with van der Waals surface area (Å²) in [6.45, 7) is 2.68. The molecule has 1 aromatic heterocycles. The minimum atomic E-state index is -0.300. The summed E-state index contributed by atoms with van der Waals surface area (Å²) in [4.78, 5) is 12.3. The zero-order valence-corrected chi connectivity index (χ0v) is 16.8. The lowest BCUT2D eigenvalue weighted by molar-refractivity contribution is 0.102. The molecule has 0 atom stereocenters. The van der Waals surface area contributed by atoms with Crippen molar-refractivity contribution >= 4 is 39.1 Å². The number of nitrogens with zero attached hydrogens (tertiary/aromatic N) is 2. The zero-order chi connectivity index (χ0) is 19.2. The van der Waals surface area contributed by atoms with Crippen molar-refractivity contribution in [3.63, 3.8) is 0 Å². The van der Waals surface area contributed by atoms with Crippen LogP contribution in [-0.2, 0) is 6.73 Å². The van der Waals surface area contributed by atoms with Crippen molar-refractivity contribution in [2.24, 2.45) is 0 Å². The average molecular weight is 451 g/mol. The SMILES string of the molecule is CCOc1ccc(NC(=O)c2ccn(COc3ccc(Cl)cc3Br)n2)cc1. The smallest absolute Gasteiger partial charge is 0.276 e. The fraction of sp³-hybridized carbons (Fsp3) is 0.158. The molecule has 8 heteroatoms. The number of nitrogens with one attached hydrogen (secondary N) is 1. The van der Waals surface area contributed by atoms with Gasteiger partial charge in [-0.1, -0.05) is 11.6 Å². The summed E-state index contributed by atoms with van der Waals surface area (Å²) in [5, 5.41) is 7.64. The summed E-state index contributed by atoms with van der Waals surface area (Å²) >= 11 is 9.30. The quantitative estimate of drug-likeness (QED) is 0.551. The monoisotopic (exact) mass is 449 g/mol. The van der Waals surface area contributed by atoms with Gasteiger partial charge in [0.05, 0.1) is 11.1 Å². The first-order chi connectivity index (χ1) is 13.0. The standard InChI is InChI=1S/C19H17BrClN3O3/c1-2-26-15-6-4-14(5-7-15)22-19(25)17-9-10-24(23-17)12-27-18-8-3-13(21)11-16(18)20/h3-11H,2,12H2,1H3,(H,22,25). The van der Waals surface area contributed by atoms with Gasteiger partial charge in [-0.05, 0) is 71.4 Å². The predicted octanol–water partition coefficient (Wildman–Crippen LogP) is 4.99. The van der Waals surface area contributed by atoms with Gasteiger partial charge in [-0.15, -0.1) is 0 Å². The van der Waals surface area contributed by atoms with Crippen molar-refractivity contribution in [1.82, 2.24) is 9.78 Å². The molecule has 0 saturated heterocycles. The van der Waals surface area contributed by atoms with Gasteiger partial charge in [-0.2, -0.15) is 5.10 Å². The van der Waals surface area contributed by atoms with Crippen LogP contribution in [0.2, 0.25) is 5.02 Å². The largest absolute Gasteiger partial charge is 0.494 e. The summed E-state index contributed by atoms with van der Waals surface area (Å²) in [5.74, 6) is 1.09. The van der Waals surface area contributed by atoms with Crippen LogP contribution >= 0.6 is 27.5 Å². The van der Waals surface area contributed by atoms with Crippen molar-refractivity contribution in [1.29, 1.82) is 0 Å². The zero-order valence-electron chi connectivity index (χ0n) is 14.5. The van der Waals surface area contributed by atoms with Gasteiger partial charge in [-0.3, -0.25) is 4.79 Å². The number of rotatable bonds is 7. The van der Waals surface area contributed by atoms with Crippen LogP contribution < -0.4 is 14.8 Å². The lowest BCUT2D eigenvalue weighted by atomic mass is 10.3.